The Kier molecular flexibility index (Phi) is 4.17. The number of halogens is 2. The van der Waals surface area contributed by atoms with Crippen LogP contribution >= 0.6 is 34.5 Å². The molecule has 9 heteroatoms. The van der Waals surface area contributed by atoms with Crippen LogP contribution in [0.3, 0.4) is 0 Å². The Hall–Kier alpha value is -1.67. The monoisotopic (exact) mass is 382 g/mol. The van der Waals surface area contributed by atoms with Crippen LogP contribution < -0.4 is 5.32 Å². The maximum Gasteiger partial charge on any atom is 0.255 e. The number of benzene rings is 1. The molecule has 1 fully saturated rings. The summed E-state index contributed by atoms with van der Waals surface area (Å²) in [5.41, 5.74) is 1.53. The molecule has 0 spiro atoms. The van der Waals surface area contributed by atoms with E-state index in [1.807, 2.05) is 5.38 Å². The van der Waals surface area contributed by atoms with Gasteiger partial charge in [0.2, 0.25) is 4.96 Å². The van der Waals surface area contributed by atoms with Gasteiger partial charge in [-0.25, -0.2) is 4.52 Å². The molecule has 0 aliphatic carbocycles. The zero-order valence-electron chi connectivity index (χ0n) is 12.3. The van der Waals surface area contributed by atoms with E-state index in [0.29, 0.717) is 21.6 Å². The Morgan fingerprint density at radius 3 is 3.08 bits per heavy atom. The van der Waals surface area contributed by atoms with Crippen LogP contribution in [0.15, 0.2) is 23.6 Å². The smallest absolute Gasteiger partial charge is 0.255 e. The first kappa shape index (κ1) is 15.8. The van der Waals surface area contributed by atoms with Crippen molar-refractivity contribution in [1.29, 1.82) is 0 Å². The summed E-state index contributed by atoms with van der Waals surface area (Å²) in [6.07, 6.45) is 1.19. The second kappa shape index (κ2) is 6.33. The highest BCUT2D eigenvalue weighted by molar-refractivity contribution is 7.15. The van der Waals surface area contributed by atoms with Crippen LogP contribution in [0.5, 0.6) is 0 Å². The first-order valence-corrected chi connectivity index (χ1v) is 8.97. The molecule has 1 unspecified atom stereocenters. The van der Waals surface area contributed by atoms with Gasteiger partial charge in [-0.2, -0.15) is 4.98 Å². The number of hydrogen-bond donors (Lipinski definition) is 1. The van der Waals surface area contributed by atoms with Gasteiger partial charge in [0.05, 0.1) is 10.7 Å². The number of carbonyl (C=O) groups excluding carboxylic acids is 1. The molecule has 1 aliphatic rings. The third kappa shape index (κ3) is 2.88. The Balaban J connectivity index is 1.66. The lowest BCUT2D eigenvalue weighted by atomic mass is 10.2. The van der Waals surface area contributed by atoms with E-state index in [1.54, 1.807) is 22.7 Å². The van der Waals surface area contributed by atoms with Crippen molar-refractivity contribution >= 4 is 51.4 Å². The van der Waals surface area contributed by atoms with Gasteiger partial charge in [-0.1, -0.05) is 23.2 Å². The summed E-state index contributed by atoms with van der Waals surface area (Å²) in [5, 5.41) is 10.1. The molecule has 124 valence electrons. The molecule has 1 atom stereocenters. The molecular weight excluding hydrogens is 371 g/mol. The predicted octanol–water partition coefficient (Wildman–Crippen LogP) is 3.88. The van der Waals surface area contributed by atoms with Crippen molar-refractivity contribution in [2.45, 2.75) is 18.9 Å². The van der Waals surface area contributed by atoms with Crippen molar-refractivity contribution < 1.29 is 9.53 Å². The lowest BCUT2D eigenvalue weighted by molar-refractivity contribution is -0.124. The molecule has 1 N–H and O–H groups in total. The van der Waals surface area contributed by atoms with Crippen LogP contribution in [0.25, 0.3) is 16.2 Å². The summed E-state index contributed by atoms with van der Waals surface area (Å²) >= 11 is 13.7. The van der Waals surface area contributed by atoms with Crippen LogP contribution in [0.2, 0.25) is 10.0 Å². The zero-order chi connectivity index (χ0) is 16.7. The van der Waals surface area contributed by atoms with E-state index in [2.05, 4.69) is 15.4 Å². The van der Waals surface area contributed by atoms with Gasteiger partial charge in [-0.3, -0.25) is 10.1 Å². The van der Waals surface area contributed by atoms with Crippen LogP contribution in [0.4, 0.5) is 5.95 Å². The number of carbonyl (C=O) groups is 1. The van der Waals surface area contributed by atoms with Crippen LogP contribution in [0, 0.1) is 0 Å². The summed E-state index contributed by atoms with van der Waals surface area (Å²) in [7, 11) is 0. The van der Waals surface area contributed by atoms with E-state index >= 15 is 0 Å². The number of rotatable bonds is 3. The summed E-state index contributed by atoms with van der Waals surface area (Å²) in [5.74, 6) is 0.0369. The SMILES string of the molecule is O=C(Nc1nc2scc(-c3cc(Cl)ccc3Cl)n2n1)C1CCCO1. The maximum atomic E-state index is 12.1. The molecule has 0 bridgehead atoms. The van der Waals surface area contributed by atoms with Crippen molar-refractivity contribution in [3.05, 3.63) is 33.6 Å². The van der Waals surface area contributed by atoms with Gasteiger partial charge < -0.3 is 4.74 Å². The van der Waals surface area contributed by atoms with E-state index in [9.17, 15) is 4.79 Å². The normalized spacial score (nSPS) is 17.5. The van der Waals surface area contributed by atoms with Crippen molar-refractivity contribution in [1.82, 2.24) is 14.6 Å². The van der Waals surface area contributed by atoms with Gasteiger partial charge >= 0.3 is 0 Å². The molecule has 3 aromatic rings. The summed E-state index contributed by atoms with van der Waals surface area (Å²) < 4.78 is 7.01. The van der Waals surface area contributed by atoms with E-state index in [1.165, 1.54) is 11.3 Å². The number of aromatic nitrogens is 3. The van der Waals surface area contributed by atoms with Crippen LogP contribution in [0.1, 0.15) is 12.8 Å². The molecule has 1 aliphatic heterocycles. The number of nitrogens with one attached hydrogen (secondary N) is 1. The average molecular weight is 383 g/mol. The molecule has 4 rings (SSSR count). The van der Waals surface area contributed by atoms with Gasteiger partial charge in [0.1, 0.15) is 6.10 Å². The third-order valence-corrected chi connectivity index (χ3v) is 5.12. The predicted molar refractivity (Wildman–Crippen MR) is 93.9 cm³/mol. The number of amides is 1. The molecule has 6 nitrogen and oxygen atoms in total. The number of anilines is 1. The topological polar surface area (TPSA) is 68.5 Å². The van der Waals surface area contributed by atoms with E-state index in [4.69, 9.17) is 27.9 Å². The van der Waals surface area contributed by atoms with Gasteiger partial charge in [0.25, 0.3) is 11.9 Å². The van der Waals surface area contributed by atoms with Gasteiger partial charge in [-0.15, -0.1) is 16.4 Å². The van der Waals surface area contributed by atoms with Gasteiger partial charge in [-0.05, 0) is 31.0 Å². The van der Waals surface area contributed by atoms with Crippen molar-refractivity contribution in [2.24, 2.45) is 0 Å². The van der Waals surface area contributed by atoms with E-state index in [-0.39, 0.29) is 11.9 Å². The first-order chi connectivity index (χ1) is 11.6. The Morgan fingerprint density at radius 2 is 2.29 bits per heavy atom. The molecule has 2 aromatic heterocycles. The average Bonchev–Trinajstić information content (AvgIpc) is 3.26. The fraction of sp³-hybridized carbons (Fsp3) is 0.267. The standard InChI is InChI=1S/C15H12Cl2N4O2S/c16-8-3-4-10(17)9(6-8)11-7-24-15-19-14(20-21(11)15)18-13(22)12-2-1-5-23-12/h3-4,6-7,12H,1-2,5H2,(H,18,20,22). The quantitative estimate of drug-likeness (QED) is 0.745. The number of hydrogen-bond acceptors (Lipinski definition) is 5. The van der Waals surface area contributed by atoms with Crippen molar-refractivity contribution in [2.75, 3.05) is 11.9 Å². The first-order valence-electron chi connectivity index (χ1n) is 7.34. The molecule has 1 saturated heterocycles. The zero-order valence-corrected chi connectivity index (χ0v) is 14.7. The largest absolute Gasteiger partial charge is 0.368 e. The summed E-state index contributed by atoms with van der Waals surface area (Å²) in [6, 6.07) is 5.24. The second-order valence-corrected chi connectivity index (χ2v) is 7.05. The van der Waals surface area contributed by atoms with Crippen molar-refractivity contribution in [3.8, 4) is 11.3 Å². The van der Waals surface area contributed by atoms with E-state index in [0.717, 1.165) is 24.1 Å². The molecule has 1 aromatic carbocycles. The summed E-state index contributed by atoms with van der Waals surface area (Å²) in [4.78, 5) is 17.1. The van der Waals surface area contributed by atoms with E-state index < -0.39 is 6.10 Å². The van der Waals surface area contributed by atoms with Gasteiger partial charge in [0, 0.05) is 22.6 Å². The lowest BCUT2D eigenvalue weighted by Crippen LogP contribution is -2.27. The number of fused-ring (bicyclic) bond motifs is 1. The highest BCUT2D eigenvalue weighted by Gasteiger charge is 2.25. The minimum atomic E-state index is -0.423. The third-order valence-electron chi connectivity index (χ3n) is 3.74. The number of thiazole rings is 1. The Morgan fingerprint density at radius 1 is 1.42 bits per heavy atom. The fourth-order valence-electron chi connectivity index (χ4n) is 2.59. The summed E-state index contributed by atoms with van der Waals surface area (Å²) in [6.45, 7) is 0.612. The van der Waals surface area contributed by atoms with Crippen LogP contribution in [-0.4, -0.2) is 33.2 Å². The minimum absolute atomic E-state index is 0.215. The molecule has 3 heterocycles. The van der Waals surface area contributed by atoms with Crippen LogP contribution in [-0.2, 0) is 9.53 Å². The highest BCUT2D eigenvalue weighted by atomic mass is 35.5. The molecule has 1 amide bonds. The second-order valence-electron chi connectivity index (χ2n) is 5.37. The molecule has 0 saturated carbocycles. The molecule has 24 heavy (non-hydrogen) atoms. The Labute approximate surface area is 151 Å². The maximum absolute atomic E-state index is 12.1. The highest BCUT2D eigenvalue weighted by Crippen LogP contribution is 2.33. The number of nitrogens with zero attached hydrogens (tertiary/aromatic N) is 3. The van der Waals surface area contributed by atoms with Gasteiger partial charge in [0.15, 0.2) is 0 Å². The van der Waals surface area contributed by atoms with Crippen molar-refractivity contribution in [3.63, 3.8) is 0 Å². The fourth-order valence-corrected chi connectivity index (χ4v) is 3.80. The Bertz CT molecular complexity index is 917. The molecular formula is C15H12Cl2N4O2S. The number of ether oxygens (including phenoxy) is 1. The molecule has 0 radical (unpaired) electrons. The lowest BCUT2D eigenvalue weighted by Gasteiger charge is -2.07. The minimum Gasteiger partial charge on any atom is -0.368 e.